The van der Waals surface area contributed by atoms with E-state index in [-0.39, 0.29) is 18.7 Å². The average molecular weight is 255 g/mol. The number of carbonyl (C=O) groups excluding carboxylic acids is 1. The maximum Gasteiger partial charge on any atom is 0.330 e. The molecule has 0 aliphatic heterocycles. The molecule has 1 N–H and O–H groups in total. The summed E-state index contributed by atoms with van der Waals surface area (Å²) in [6.45, 7) is 2.11. The van der Waals surface area contributed by atoms with Crippen molar-refractivity contribution in [3.05, 3.63) is 32.6 Å². The van der Waals surface area contributed by atoms with E-state index in [1.165, 1.54) is 29.8 Å². The van der Waals surface area contributed by atoms with Gasteiger partial charge in [-0.05, 0) is 6.92 Å². The van der Waals surface area contributed by atoms with Crippen LogP contribution in [0.2, 0.25) is 0 Å². The molecule has 100 valence electrons. The van der Waals surface area contributed by atoms with Crippen LogP contribution in [0.5, 0.6) is 0 Å². The van der Waals surface area contributed by atoms with Crippen LogP contribution in [0.25, 0.3) is 0 Å². The largest absolute Gasteiger partial charge is 0.395 e. The second kappa shape index (κ2) is 5.63. The van der Waals surface area contributed by atoms with Crippen LogP contribution in [-0.2, 0) is 14.1 Å². The highest BCUT2D eigenvalue weighted by Gasteiger charge is 2.19. The highest BCUT2D eigenvalue weighted by molar-refractivity contribution is 5.93. The first kappa shape index (κ1) is 14.2. The molecule has 7 heteroatoms. The number of hydrogen-bond donors (Lipinski definition) is 1. The van der Waals surface area contributed by atoms with Gasteiger partial charge in [0.2, 0.25) is 0 Å². The molecule has 0 aromatic carbocycles. The van der Waals surface area contributed by atoms with Crippen LogP contribution < -0.4 is 11.2 Å². The summed E-state index contributed by atoms with van der Waals surface area (Å²) >= 11 is 0. The highest BCUT2D eigenvalue weighted by atomic mass is 16.3. The summed E-state index contributed by atoms with van der Waals surface area (Å²) in [6.07, 6.45) is 1.23. The van der Waals surface area contributed by atoms with Crippen LogP contribution in [-0.4, -0.2) is 44.7 Å². The second-order valence-corrected chi connectivity index (χ2v) is 3.91. The van der Waals surface area contributed by atoms with E-state index in [4.69, 9.17) is 5.11 Å². The summed E-state index contributed by atoms with van der Waals surface area (Å²) in [6, 6.07) is 0. The first-order valence-electron chi connectivity index (χ1n) is 5.60. The van der Waals surface area contributed by atoms with Crippen LogP contribution in [0.15, 0.2) is 15.8 Å². The molecule has 7 nitrogen and oxygen atoms in total. The molecule has 0 atom stereocenters. The zero-order valence-corrected chi connectivity index (χ0v) is 10.7. The Morgan fingerprint density at radius 2 is 2.00 bits per heavy atom. The van der Waals surface area contributed by atoms with E-state index in [1.54, 1.807) is 6.92 Å². The first-order chi connectivity index (χ1) is 8.43. The number of amides is 1. The number of nitrogens with zero attached hydrogens (tertiary/aromatic N) is 3. The van der Waals surface area contributed by atoms with Crippen LogP contribution in [0, 0.1) is 0 Å². The minimum atomic E-state index is -0.625. The van der Waals surface area contributed by atoms with Gasteiger partial charge >= 0.3 is 5.69 Å². The Hall–Kier alpha value is -1.89. The van der Waals surface area contributed by atoms with E-state index in [2.05, 4.69) is 0 Å². The minimum Gasteiger partial charge on any atom is -0.395 e. The summed E-state index contributed by atoms with van der Waals surface area (Å²) in [5, 5.41) is 8.85. The molecule has 0 unspecified atom stereocenters. The molecule has 1 heterocycles. The van der Waals surface area contributed by atoms with Crippen molar-refractivity contribution in [2.75, 3.05) is 19.7 Å². The predicted octanol–water partition coefficient (Wildman–Crippen LogP) is -1.46. The molecule has 0 aliphatic carbocycles. The lowest BCUT2D eigenvalue weighted by atomic mass is 10.2. The molecule has 1 amide bonds. The van der Waals surface area contributed by atoms with Gasteiger partial charge in [-0.3, -0.25) is 14.2 Å². The predicted molar refractivity (Wildman–Crippen MR) is 65.6 cm³/mol. The Balaban J connectivity index is 3.30. The van der Waals surface area contributed by atoms with E-state index in [9.17, 15) is 14.4 Å². The van der Waals surface area contributed by atoms with Gasteiger partial charge in [0.15, 0.2) is 0 Å². The molecule has 0 saturated heterocycles. The third-order valence-corrected chi connectivity index (χ3v) is 2.72. The van der Waals surface area contributed by atoms with Crippen molar-refractivity contribution in [1.29, 1.82) is 0 Å². The molecular formula is C11H17N3O4. The number of carbonyl (C=O) groups is 1. The van der Waals surface area contributed by atoms with Crippen LogP contribution in [0.4, 0.5) is 0 Å². The average Bonchev–Trinajstić information content (AvgIpc) is 2.37. The van der Waals surface area contributed by atoms with Crippen molar-refractivity contribution in [3.8, 4) is 0 Å². The molecule has 1 aromatic rings. The zero-order chi connectivity index (χ0) is 13.9. The highest BCUT2D eigenvalue weighted by Crippen LogP contribution is 1.98. The van der Waals surface area contributed by atoms with Gasteiger partial charge in [-0.15, -0.1) is 0 Å². The minimum absolute atomic E-state index is 0.0742. The van der Waals surface area contributed by atoms with Gasteiger partial charge in [0, 0.05) is 33.4 Å². The molecule has 0 spiro atoms. The monoisotopic (exact) mass is 255 g/mol. The van der Waals surface area contributed by atoms with E-state index >= 15 is 0 Å². The lowest BCUT2D eigenvalue weighted by Gasteiger charge is -2.19. The number of hydrogen-bond acceptors (Lipinski definition) is 4. The van der Waals surface area contributed by atoms with E-state index in [0.717, 1.165) is 4.57 Å². The number of aryl methyl sites for hydroxylation is 1. The maximum absolute atomic E-state index is 12.1. The normalized spacial score (nSPS) is 10.4. The van der Waals surface area contributed by atoms with Gasteiger partial charge in [0.05, 0.1) is 6.61 Å². The van der Waals surface area contributed by atoms with E-state index in [0.29, 0.717) is 6.54 Å². The molecular weight excluding hydrogens is 238 g/mol. The van der Waals surface area contributed by atoms with Gasteiger partial charge < -0.3 is 14.6 Å². The van der Waals surface area contributed by atoms with Crippen molar-refractivity contribution < 1.29 is 9.90 Å². The summed E-state index contributed by atoms with van der Waals surface area (Å²) in [5.74, 6) is -0.484. The number of rotatable bonds is 4. The fourth-order valence-corrected chi connectivity index (χ4v) is 1.65. The Morgan fingerprint density at radius 3 is 2.50 bits per heavy atom. The molecule has 18 heavy (non-hydrogen) atoms. The molecule has 1 aromatic heterocycles. The van der Waals surface area contributed by atoms with Gasteiger partial charge in [-0.25, -0.2) is 4.79 Å². The van der Waals surface area contributed by atoms with Crippen molar-refractivity contribution in [2.45, 2.75) is 6.92 Å². The van der Waals surface area contributed by atoms with Crippen LogP contribution >= 0.6 is 0 Å². The summed E-state index contributed by atoms with van der Waals surface area (Å²) in [7, 11) is 2.80. The van der Waals surface area contributed by atoms with Gasteiger partial charge in [0.1, 0.15) is 5.56 Å². The fourth-order valence-electron chi connectivity index (χ4n) is 1.65. The number of aromatic nitrogens is 2. The lowest BCUT2D eigenvalue weighted by Crippen LogP contribution is -2.43. The maximum atomic E-state index is 12.1. The zero-order valence-electron chi connectivity index (χ0n) is 10.7. The second-order valence-electron chi connectivity index (χ2n) is 3.91. The third-order valence-electron chi connectivity index (χ3n) is 2.72. The first-order valence-corrected chi connectivity index (χ1v) is 5.60. The Bertz CT molecular complexity index is 558. The Kier molecular flexibility index (Phi) is 4.43. The number of aliphatic hydroxyl groups excluding tert-OH is 1. The summed E-state index contributed by atoms with van der Waals surface area (Å²) in [5.41, 5.74) is -1.18. The Labute approximate surface area is 104 Å². The quantitative estimate of drug-likeness (QED) is 0.712. The van der Waals surface area contributed by atoms with Crippen molar-refractivity contribution in [1.82, 2.24) is 14.0 Å². The molecule has 0 fully saturated rings. The molecule has 0 aliphatic rings. The van der Waals surface area contributed by atoms with E-state index < -0.39 is 17.2 Å². The summed E-state index contributed by atoms with van der Waals surface area (Å²) in [4.78, 5) is 36.8. The molecule has 1 rings (SSSR count). The standard InChI is InChI=1S/C11H17N3O4/c1-4-14(5-6-15)10(17)8-7-12(2)11(18)13(3)9(8)16/h7,15H,4-6H2,1-3H3. The van der Waals surface area contributed by atoms with Crippen LogP contribution in [0.1, 0.15) is 17.3 Å². The fraction of sp³-hybridized carbons (Fsp3) is 0.545. The number of likely N-dealkylation sites (N-methyl/N-ethyl adjacent to an activating group) is 1. The molecule has 0 bridgehead atoms. The van der Waals surface area contributed by atoms with Crippen LogP contribution in [0.3, 0.4) is 0 Å². The van der Waals surface area contributed by atoms with Crippen molar-refractivity contribution in [2.24, 2.45) is 14.1 Å². The van der Waals surface area contributed by atoms with Crippen molar-refractivity contribution >= 4 is 5.91 Å². The lowest BCUT2D eigenvalue weighted by molar-refractivity contribution is 0.0728. The molecule has 0 radical (unpaired) electrons. The topological polar surface area (TPSA) is 84.5 Å². The van der Waals surface area contributed by atoms with Gasteiger partial charge in [-0.2, -0.15) is 0 Å². The smallest absolute Gasteiger partial charge is 0.330 e. The SMILES string of the molecule is CCN(CCO)C(=O)c1cn(C)c(=O)n(C)c1=O. The van der Waals surface area contributed by atoms with Gasteiger partial charge in [-0.1, -0.05) is 0 Å². The van der Waals surface area contributed by atoms with Gasteiger partial charge in [0.25, 0.3) is 11.5 Å². The Morgan fingerprint density at radius 1 is 1.39 bits per heavy atom. The third kappa shape index (κ3) is 2.51. The summed E-state index contributed by atoms with van der Waals surface area (Å²) < 4.78 is 2.07. The molecule has 0 saturated carbocycles. The number of aliphatic hydroxyl groups is 1. The van der Waals surface area contributed by atoms with Crippen molar-refractivity contribution in [3.63, 3.8) is 0 Å². The van der Waals surface area contributed by atoms with E-state index in [1.807, 2.05) is 0 Å².